The van der Waals surface area contributed by atoms with Gasteiger partial charge in [0.1, 0.15) is 5.54 Å². The Bertz CT molecular complexity index is 555. The Morgan fingerprint density at radius 3 is 2.90 bits per heavy atom. The first-order chi connectivity index (χ1) is 9.50. The molecule has 1 atom stereocenters. The highest BCUT2D eigenvalue weighted by Crippen LogP contribution is 2.30. The van der Waals surface area contributed by atoms with Crippen molar-refractivity contribution in [1.29, 1.82) is 0 Å². The third kappa shape index (κ3) is 2.42. The number of hydrogen-bond donors (Lipinski definition) is 1. The van der Waals surface area contributed by atoms with Crippen LogP contribution in [0.2, 0.25) is 0 Å². The fraction of sp³-hybridized carbons (Fsp3) is 0.643. The number of hydrogen-bond acceptors (Lipinski definition) is 4. The second-order valence-corrected chi connectivity index (χ2v) is 5.44. The molecule has 0 amide bonds. The lowest BCUT2D eigenvalue weighted by Crippen LogP contribution is -2.57. The van der Waals surface area contributed by atoms with E-state index in [0.717, 1.165) is 19.3 Å². The summed E-state index contributed by atoms with van der Waals surface area (Å²) in [5.74, 6) is -0.644. The van der Waals surface area contributed by atoms with E-state index >= 15 is 0 Å². The number of rotatable bonds is 4. The molecule has 1 N–H and O–H groups in total. The fourth-order valence-corrected chi connectivity index (χ4v) is 2.72. The quantitative estimate of drug-likeness (QED) is 0.903. The number of aryl methyl sites for hydroxylation is 1. The molecule has 1 aliphatic rings. The van der Waals surface area contributed by atoms with Crippen LogP contribution in [0.4, 0.5) is 5.82 Å². The van der Waals surface area contributed by atoms with Crippen LogP contribution in [0.3, 0.4) is 0 Å². The number of carboxylic acids is 1. The molecule has 1 fully saturated rings. The van der Waals surface area contributed by atoms with Gasteiger partial charge in [0, 0.05) is 25.5 Å². The van der Waals surface area contributed by atoms with E-state index in [9.17, 15) is 14.7 Å². The predicted molar refractivity (Wildman–Crippen MR) is 76.0 cm³/mol. The van der Waals surface area contributed by atoms with Crippen LogP contribution < -0.4 is 10.5 Å². The zero-order valence-corrected chi connectivity index (χ0v) is 12.0. The smallest absolute Gasteiger partial charge is 0.329 e. The maximum atomic E-state index is 12.4. The number of piperidine rings is 1. The van der Waals surface area contributed by atoms with Crippen LogP contribution in [0.25, 0.3) is 0 Å². The van der Waals surface area contributed by atoms with Gasteiger partial charge in [-0.1, -0.05) is 6.92 Å². The Morgan fingerprint density at radius 2 is 2.25 bits per heavy atom. The Balaban J connectivity index is 2.46. The lowest BCUT2D eigenvalue weighted by Gasteiger charge is -2.42. The average molecular weight is 279 g/mol. The summed E-state index contributed by atoms with van der Waals surface area (Å²) in [5, 5.41) is 9.51. The van der Waals surface area contributed by atoms with Gasteiger partial charge in [0.15, 0.2) is 5.82 Å². The van der Waals surface area contributed by atoms with Crippen LogP contribution in [0, 0.1) is 0 Å². The van der Waals surface area contributed by atoms with E-state index < -0.39 is 11.5 Å². The Labute approximate surface area is 118 Å². The molecule has 1 saturated heterocycles. The molecule has 1 aromatic rings. The molecule has 2 rings (SSSR count). The zero-order chi connectivity index (χ0) is 14.8. The summed E-state index contributed by atoms with van der Waals surface area (Å²) in [7, 11) is 0. The molecule has 1 aliphatic heterocycles. The van der Waals surface area contributed by atoms with Crippen molar-refractivity contribution in [3.63, 3.8) is 0 Å². The average Bonchev–Trinajstić information content (AvgIpc) is 2.42. The SMILES string of the molecule is CCCn1ccnc(N2CCCCC2(C)C(=O)O)c1=O. The first-order valence-corrected chi connectivity index (χ1v) is 7.07. The first-order valence-electron chi connectivity index (χ1n) is 7.07. The maximum absolute atomic E-state index is 12.4. The molecule has 6 nitrogen and oxygen atoms in total. The van der Waals surface area contributed by atoms with Crippen molar-refractivity contribution >= 4 is 11.8 Å². The molecule has 1 aromatic heterocycles. The number of aromatic nitrogens is 2. The number of carbonyl (C=O) groups is 1. The highest BCUT2D eigenvalue weighted by Gasteiger charge is 2.43. The van der Waals surface area contributed by atoms with E-state index in [0.29, 0.717) is 19.5 Å². The van der Waals surface area contributed by atoms with Gasteiger partial charge in [0.2, 0.25) is 0 Å². The van der Waals surface area contributed by atoms with Crippen molar-refractivity contribution < 1.29 is 9.90 Å². The summed E-state index contributed by atoms with van der Waals surface area (Å²) in [6, 6.07) is 0. The predicted octanol–water partition coefficient (Wildman–Crippen LogP) is 1.49. The largest absolute Gasteiger partial charge is 0.480 e. The van der Waals surface area contributed by atoms with Crippen molar-refractivity contribution in [1.82, 2.24) is 9.55 Å². The van der Waals surface area contributed by atoms with E-state index in [4.69, 9.17) is 0 Å². The van der Waals surface area contributed by atoms with Crippen LogP contribution in [0.1, 0.15) is 39.5 Å². The van der Waals surface area contributed by atoms with Crippen LogP contribution in [-0.4, -0.2) is 32.7 Å². The molecular weight excluding hydrogens is 258 g/mol. The topological polar surface area (TPSA) is 75.4 Å². The minimum Gasteiger partial charge on any atom is -0.480 e. The van der Waals surface area contributed by atoms with Gasteiger partial charge >= 0.3 is 5.97 Å². The van der Waals surface area contributed by atoms with Crippen LogP contribution in [0.5, 0.6) is 0 Å². The maximum Gasteiger partial charge on any atom is 0.329 e. The van der Waals surface area contributed by atoms with E-state index in [-0.39, 0.29) is 11.4 Å². The summed E-state index contributed by atoms with van der Waals surface area (Å²) in [5.41, 5.74) is -1.25. The van der Waals surface area contributed by atoms with Crippen molar-refractivity contribution in [2.75, 3.05) is 11.4 Å². The van der Waals surface area contributed by atoms with E-state index in [1.807, 2.05) is 6.92 Å². The molecule has 0 aliphatic carbocycles. The molecule has 110 valence electrons. The van der Waals surface area contributed by atoms with Gasteiger partial charge in [-0.25, -0.2) is 9.78 Å². The third-order valence-corrected chi connectivity index (χ3v) is 3.97. The minimum atomic E-state index is -1.05. The van der Waals surface area contributed by atoms with Crippen LogP contribution >= 0.6 is 0 Å². The van der Waals surface area contributed by atoms with Gasteiger partial charge in [-0.2, -0.15) is 0 Å². The second kappa shape index (κ2) is 5.64. The normalized spacial score (nSPS) is 22.8. The van der Waals surface area contributed by atoms with Gasteiger partial charge in [0.25, 0.3) is 5.56 Å². The summed E-state index contributed by atoms with van der Waals surface area (Å²) >= 11 is 0. The molecule has 20 heavy (non-hydrogen) atoms. The van der Waals surface area contributed by atoms with E-state index in [1.54, 1.807) is 28.8 Å². The zero-order valence-electron chi connectivity index (χ0n) is 12.0. The molecule has 2 heterocycles. The Morgan fingerprint density at radius 1 is 1.50 bits per heavy atom. The van der Waals surface area contributed by atoms with Gasteiger partial charge < -0.3 is 14.6 Å². The number of aliphatic carboxylic acids is 1. The summed E-state index contributed by atoms with van der Waals surface area (Å²) in [6.45, 7) is 4.84. The van der Waals surface area contributed by atoms with Crippen molar-refractivity contribution in [3.05, 3.63) is 22.7 Å². The van der Waals surface area contributed by atoms with Crippen molar-refractivity contribution in [2.45, 2.75) is 51.6 Å². The lowest BCUT2D eigenvalue weighted by molar-refractivity contribution is -0.143. The molecule has 1 unspecified atom stereocenters. The molecule has 0 radical (unpaired) electrons. The number of nitrogens with zero attached hydrogens (tertiary/aromatic N) is 3. The summed E-state index contributed by atoms with van der Waals surface area (Å²) in [6.07, 6.45) is 6.34. The molecular formula is C14H21N3O3. The van der Waals surface area contributed by atoms with Crippen molar-refractivity contribution in [3.8, 4) is 0 Å². The van der Waals surface area contributed by atoms with Gasteiger partial charge in [-0.05, 0) is 32.6 Å². The van der Waals surface area contributed by atoms with Gasteiger partial charge in [-0.15, -0.1) is 0 Å². The van der Waals surface area contributed by atoms with Crippen molar-refractivity contribution in [2.24, 2.45) is 0 Å². The second-order valence-electron chi connectivity index (χ2n) is 5.44. The first kappa shape index (κ1) is 14.6. The molecule has 0 aromatic carbocycles. The summed E-state index contributed by atoms with van der Waals surface area (Å²) < 4.78 is 1.60. The molecule has 6 heteroatoms. The standard InChI is InChI=1S/C14H21N3O3/c1-3-8-16-10-7-15-11(12(16)18)17-9-5-4-6-14(17,2)13(19)20/h7,10H,3-6,8-9H2,1-2H3,(H,19,20). The van der Waals surface area contributed by atoms with Crippen LogP contribution in [-0.2, 0) is 11.3 Å². The summed E-state index contributed by atoms with van der Waals surface area (Å²) in [4.78, 5) is 29.8. The Hall–Kier alpha value is -1.85. The lowest BCUT2D eigenvalue weighted by atomic mass is 9.88. The Kier molecular flexibility index (Phi) is 4.11. The van der Waals surface area contributed by atoms with Crippen LogP contribution in [0.15, 0.2) is 17.2 Å². The third-order valence-electron chi connectivity index (χ3n) is 3.97. The van der Waals surface area contributed by atoms with E-state index in [1.165, 1.54) is 0 Å². The molecule has 0 saturated carbocycles. The number of carboxylic acid groups (broad SMARTS) is 1. The highest BCUT2D eigenvalue weighted by atomic mass is 16.4. The monoisotopic (exact) mass is 279 g/mol. The minimum absolute atomic E-state index is 0.205. The molecule has 0 bridgehead atoms. The highest BCUT2D eigenvalue weighted by molar-refractivity contribution is 5.82. The number of anilines is 1. The van der Waals surface area contributed by atoms with E-state index in [2.05, 4.69) is 4.98 Å². The fourth-order valence-electron chi connectivity index (χ4n) is 2.72. The van der Waals surface area contributed by atoms with Gasteiger partial charge in [0.05, 0.1) is 0 Å². The molecule has 0 spiro atoms. The van der Waals surface area contributed by atoms with Gasteiger partial charge in [-0.3, -0.25) is 4.79 Å².